The zero-order valence-corrected chi connectivity index (χ0v) is 16.0. The average molecular weight is 374 g/mol. The van der Waals surface area contributed by atoms with E-state index in [4.69, 9.17) is 4.74 Å². The number of hydrogen-bond donors (Lipinski definition) is 3. The van der Waals surface area contributed by atoms with Gasteiger partial charge >= 0.3 is 12.1 Å². The molecule has 1 saturated heterocycles. The topological polar surface area (TPSA) is 82.7 Å². The van der Waals surface area contributed by atoms with Crippen molar-refractivity contribution in [3.63, 3.8) is 0 Å². The van der Waals surface area contributed by atoms with Gasteiger partial charge in [0.05, 0.1) is 12.8 Å². The van der Waals surface area contributed by atoms with Crippen molar-refractivity contribution in [3.05, 3.63) is 24.3 Å². The zero-order chi connectivity index (χ0) is 19.1. The second-order valence-electron chi connectivity index (χ2n) is 7.34. The summed E-state index contributed by atoms with van der Waals surface area (Å²) in [7, 11) is 1.58. The molecule has 27 heavy (non-hydrogen) atoms. The van der Waals surface area contributed by atoms with Crippen LogP contribution in [0.15, 0.2) is 24.3 Å². The minimum absolute atomic E-state index is 0.0406. The predicted molar refractivity (Wildman–Crippen MR) is 105 cm³/mol. The number of piperidine rings is 1. The van der Waals surface area contributed by atoms with Crippen LogP contribution in [0.4, 0.5) is 15.3 Å². The highest BCUT2D eigenvalue weighted by Crippen LogP contribution is 2.23. The highest BCUT2D eigenvalue weighted by atomic mass is 16.5. The number of ether oxygens (including phenoxy) is 1. The maximum Gasteiger partial charge on any atom is 0.319 e. The molecule has 3 rings (SSSR count). The number of para-hydroxylation sites is 2. The second-order valence-corrected chi connectivity index (χ2v) is 7.34. The summed E-state index contributed by atoms with van der Waals surface area (Å²) in [5.74, 6) is 0.627. The molecule has 7 heteroatoms. The van der Waals surface area contributed by atoms with Crippen LogP contribution in [0.5, 0.6) is 5.75 Å². The van der Waals surface area contributed by atoms with Crippen molar-refractivity contribution in [2.45, 2.75) is 57.0 Å². The summed E-state index contributed by atoms with van der Waals surface area (Å²) in [6, 6.07) is 7.50. The summed E-state index contributed by atoms with van der Waals surface area (Å²) < 4.78 is 5.25. The van der Waals surface area contributed by atoms with Crippen LogP contribution in [0.2, 0.25) is 0 Å². The number of amides is 4. The molecule has 1 heterocycles. The number of nitrogens with zero attached hydrogens (tertiary/aromatic N) is 1. The zero-order valence-electron chi connectivity index (χ0n) is 16.0. The lowest BCUT2D eigenvalue weighted by atomic mass is 9.95. The summed E-state index contributed by atoms with van der Waals surface area (Å²) >= 11 is 0. The van der Waals surface area contributed by atoms with E-state index >= 15 is 0 Å². The van der Waals surface area contributed by atoms with E-state index in [9.17, 15) is 9.59 Å². The van der Waals surface area contributed by atoms with Crippen molar-refractivity contribution in [2.24, 2.45) is 0 Å². The van der Waals surface area contributed by atoms with E-state index in [2.05, 4.69) is 16.0 Å². The normalized spacial score (nSPS) is 18.6. The number of hydrogen-bond acceptors (Lipinski definition) is 3. The number of anilines is 1. The fraction of sp³-hybridized carbons (Fsp3) is 0.600. The van der Waals surface area contributed by atoms with Crippen LogP contribution < -0.4 is 20.7 Å². The van der Waals surface area contributed by atoms with Gasteiger partial charge in [-0.05, 0) is 37.8 Å². The molecule has 7 nitrogen and oxygen atoms in total. The first kappa shape index (κ1) is 19.3. The molecule has 1 aromatic rings. The Kier molecular flexibility index (Phi) is 6.79. The third kappa shape index (κ3) is 5.52. The summed E-state index contributed by atoms with van der Waals surface area (Å²) in [5.41, 5.74) is 0.641. The largest absolute Gasteiger partial charge is 0.495 e. The van der Waals surface area contributed by atoms with Crippen molar-refractivity contribution >= 4 is 17.7 Å². The highest BCUT2D eigenvalue weighted by Gasteiger charge is 2.25. The molecule has 2 aliphatic rings. The van der Waals surface area contributed by atoms with Crippen LogP contribution in [0.1, 0.15) is 44.9 Å². The molecular weight excluding hydrogens is 344 g/mol. The predicted octanol–water partition coefficient (Wildman–Crippen LogP) is 3.32. The van der Waals surface area contributed by atoms with E-state index in [0.29, 0.717) is 30.6 Å². The smallest absolute Gasteiger partial charge is 0.319 e. The molecule has 3 N–H and O–H groups in total. The van der Waals surface area contributed by atoms with Gasteiger partial charge in [-0.1, -0.05) is 31.4 Å². The van der Waals surface area contributed by atoms with Gasteiger partial charge in [0.25, 0.3) is 0 Å². The standard InChI is InChI=1S/C20H30N4O3/c1-27-18-10-6-5-9-17(18)23-19(25)21-16-11-13-24(14-12-16)20(26)22-15-7-3-2-4-8-15/h5-6,9-10,15-16H,2-4,7-8,11-14H2,1H3,(H,22,26)(H2,21,23,25). The summed E-state index contributed by atoms with van der Waals surface area (Å²) in [4.78, 5) is 26.5. The van der Waals surface area contributed by atoms with Crippen molar-refractivity contribution in [3.8, 4) is 5.75 Å². The fourth-order valence-corrected chi connectivity index (χ4v) is 3.83. The van der Waals surface area contributed by atoms with Gasteiger partial charge < -0.3 is 25.6 Å². The van der Waals surface area contributed by atoms with Crippen molar-refractivity contribution < 1.29 is 14.3 Å². The first-order valence-corrected chi connectivity index (χ1v) is 9.91. The third-order valence-electron chi connectivity index (χ3n) is 5.41. The number of urea groups is 2. The monoisotopic (exact) mass is 374 g/mol. The lowest BCUT2D eigenvalue weighted by Crippen LogP contribution is -2.52. The molecule has 0 radical (unpaired) electrons. The van der Waals surface area contributed by atoms with Crippen molar-refractivity contribution in [1.82, 2.24) is 15.5 Å². The van der Waals surface area contributed by atoms with E-state index in [-0.39, 0.29) is 18.1 Å². The number of rotatable bonds is 4. The number of benzene rings is 1. The Hall–Kier alpha value is -2.44. The molecule has 148 valence electrons. The molecule has 0 spiro atoms. The Morgan fingerprint density at radius 2 is 1.63 bits per heavy atom. The number of carbonyl (C=O) groups excluding carboxylic acids is 2. The van der Waals surface area contributed by atoms with Gasteiger partial charge in [0.15, 0.2) is 0 Å². The first-order chi connectivity index (χ1) is 13.2. The number of carbonyl (C=O) groups is 2. The van der Waals surface area contributed by atoms with Gasteiger partial charge in [-0.25, -0.2) is 9.59 Å². The highest BCUT2D eigenvalue weighted by molar-refractivity contribution is 5.91. The van der Waals surface area contributed by atoms with E-state index < -0.39 is 0 Å². The minimum Gasteiger partial charge on any atom is -0.495 e. The molecule has 1 aliphatic carbocycles. The number of likely N-dealkylation sites (tertiary alicyclic amines) is 1. The third-order valence-corrected chi connectivity index (χ3v) is 5.41. The Balaban J connectivity index is 1.41. The van der Waals surface area contributed by atoms with Crippen LogP contribution in [0.25, 0.3) is 0 Å². The summed E-state index contributed by atoms with van der Waals surface area (Å²) in [5, 5.41) is 8.99. The number of methoxy groups -OCH3 is 1. The van der Waals surface area contributed by atoms with Gasteiger partial charge in [-0.3, -0.25) is 0 Å². The molecule has 1 aromatic carbocycles. The lowest BCUT2D eigenvalue weighted by molar-refractivity contribution is 0.170. The van der Waals surface area contributed by atoms with Gasteiger partial charge in [-0.2, -0.15) is 0 Å². The Bertz CT molecular complexity index is 638. The Morgan fingerprint density at radius 1 is 0.963 bits per heavy atom. The molecule has 2 fully saturated rings. The van der Waals surface area contributed by atoms with Crippen LogP contribution in [-0.2, 0) is 0 Å². The maximum atomic E-state index is 12.4. The molecule has 1 aliphatic heterocycles. The molecule has 1 saturated carbocycles. The SMILES string of the molecule is COc1ccccc1NC(=O)NC1CCN(C(=O)NC2CCCCC2)CC1. The quantitative estimate of drug-likeness (QED) is 0.756. The van der Waals surface area contributed by atoms with Gasteiger partial charge in [0.2, 0.25) is 0 Å². The van der Waals surface area contributed by atoms with Crippen LogP contribution in [0, 0.1) is 0 Å². The van der Waals surface area contributed by atoms with Gasteiger partial charge in [0.1, 0.15) is 5.75 Å². The molecule has 0 bridgehead atoms. The molecule has 0 atom stereocenters. The van der Waals surface area contributed by atoms with E-state index in [0.717, 1.165) is 25.7 Å². The first-order valence-electron chi connectivity index (χ1n) is 9.91. The second kappa shape index (κ2) is 9.48. The molecule has 4 amide bonds. The molecular formula is C20H30N4O3. The lowest BCUT2D eigenvalue weighted by Gasteiger charge is -2.34. The fourth-order valence-electron chi connectivity index (χ4n) is 3.83. The van der Waals surface area contributed by atoms with Crippen LogP contribution in [-0.4, -0.2) is 49.2 Å². The van der Waals surface area contributed by atoms with Crippen molar-refractivity contribution in [2.75, 3.05) is 25.5 Å². The summed E-state index contributed by atoms with van der Waals surface area (Å²) in [6.07, 6.45) is 7.39. The Morgan fingerprint density at radius 3 is 2.33 bits per heavy atom. The van der Waals surface area contributed by atoms with E-state index in [1.165, 1.54) is 19.3 Å². The number of nitrogens with one attached hydrogen (secondary N) is 3. The maximum absolute atomic E-state index is 12.4. The average Bonchev–Trinajstić information content (AvgIpc) is 2.69. The molecule has 0 unspecified atom stereocenters. The van der Waals surface area contributed by atoms with E-state index in [1.54, 1.807) is 19.2 Å². The minimum atomic E-state index is -0.246. The van der Waals surface area contributed by atoms with Gasteiger partial charge in [-0.15, -0.1) is 0 Å². The summed E-state index contributed by atoms with van der Waals surface area (Å²) in [6.45, 7) is 1.33. The van der Waals surface area contributed by atoms with Crippen LogP contribution >= 0.6 is 0 Å². The van der Waals surface area contributed by atoms with Gasteiger partial charge in [0, 0.05) is 25.2 Å². The van der Waals surface area contributed by atoms with E-state index in [1.807, 2.05) is 17.0 Å². The molecule has 0 aromatic heterocycles. The van der Waals surface area contributed by atoms with Crippen LogP contribution in [0.3, 0.4) is 0 Å². The van der Waals surface area contributed by atoms with Crippen molar-refractivity contribution in [1.29, 1.82) is 0 Å². The Labute approximate surface area is 160 Å².